The number of aliphatic hydroxyl groups is 1. The molecule has 0 amide bonds. The molecule has 0 bridgehead atoms. The molecule has 5 heteroatoms. The van der Waals surface area contributed by atoms with Gasteiger partial charge in [0.25, 0.3) is 0 Å². The molecular formula is C4H9NO4. The highest BCUT2D eigenvalue weighted by atomic mass is 16.7. The monoisotopic (exact) mass is 135 g/mol. The number of aliphatic hydroxyl groups excluding tert-OH is 1. The standard InChI is InChI=1S/C4H9NO4/c5-3(1-6)2-9-4(7)8/h3,6H,1-2,5H2,(H,7,8)/t3-/m1/s1. The smallest absolute Gasteiger partial charge is 0.450 e. The van der Waals surface area contributed by atoms with E-state index in [2.05, 4.69) is 4.74 Å². The fourth-order valence-electron chi connectivity index (χ4n) is 0.231. The normalized spacial score (nSPS) is 12.7. The van der Waals surface area contributed by atoms with Gasteiger partial charge in [-0.15, -0.1) is 0 Å². The average molecular weight is 135 g/mol. The lowest BCUT2D eigenvalue weighted by molar-refractivity contribution is 0.0789. The summed E-state index contributed by atoms with van der Waals surface area (Å²) in [6.07, 6.45) is -1.38. The van der Waals surface area contributed by atoms with Gasteiger partial charge in [-0.3, -0.25) is 0 Å². The zero-order valence-corrected chi connectivity index (χ0v) is 4.78. The summed E-state index contributed by atoms with van der Waals surface area (Å²) in [7, 11) is 0. The topological polar surface area (TPSA) is 92.8 Å². The molecule has 54 valence electrons. The SMILES string of the molecule is N[C@H](CO)COC(=O)O. The molecule has 0 heterocycles. The van der Waals surface area contributed by atoms with Crippen molar-refractivity contribution in [3.63, 3.8) is 0 Å². The molecule has 9 heavy (non-hydrogen) atoms. The Hall–Kier alpha value is -0.810. The molecule has 0 aliphatic rings. The minimum Gasteiger partial charge on any atom is -0.450 e. The number of carbonyl (C=O) groups is 1. The summed E-state index contributed by atoms with van der Waals surface area (Å²) in [5.74, 6) is 0. The van der Waals surface area contributed by atoms with E-state index in [9.17, 15) is 4.79 Å². The number of hydrogen-bond acceptors (Lipinski definition) is 4. The van der Waals surface area contributed by atoms with Crippen LogP contribution in [0.2, 0.25) is 0 Å². The molecule has 0 radical (unpaired) electrons. The van der Waals surface area contributed by atoms with E-state index in [0.717, 1.165) is 0 Å². The summed E-state index contributed by atoms with van der Waals surface area (Å²) in [5.41, 5.74) is 5.08. The fourth-order valence-corrected chi connectivity index (χ4v) is 0.231. The highest BCUT2D eigenvalue weighted by Gasteiger charge is 2.02. The van der Waals surface area contributed by atoms with E-state index in [1.165, 1.54) is 0 Å². The first-order valence-electron chi connectivity index (χ1n) is 2.39. The molecule has 0 aliphatic heterocycles. The molecular weight excluding hydrogens is 126 g/mol. The van der Waals surface area contributed by atoms with Crippen LogP contribution in [0, 0.1) is 0 Å². The molecule has 0 aromatic heterocycles. The van der Waals surface area contributed by atoms with Crippen LogP contribution >= 0.6 is 0 Å². The Bertz CT molecular complexity index is 94.6. The predicted molar refractivity (Wildman–Crippen MR) is 29.0 cm³/mol. The van der Waals surface area contributed by atoms with E-state index in [0.29, 0.717) is 0 Å². The number of rotatable bonds is 3. The molecule has 4 N–H and O–H groups in total. The van der Waals surface area contributed by atoms with Crippen molar-refractivity contribution >= 4 is 6.16 Å². The molecule has 5 nitrogen and oxygen atoms in total. The molecule has 0 spiro atoms. The van der Waals surface area contributed by atoms with Crippen LogP contribution < -0.4 is 5.73 Å². The Morgan fingerprint density at radius 3 is 2.67 bits per heavy atom. The van der Waals surface area contributed by atoms with E-state index in [1.807, 2.05) is 0 Å². The summed E-state index contributed by atoms with van der Waals surface area (Å²) in [6, 6.07) is -0.610. The quantitative estimate of drug-likeness (QED) is 0.431. The van der Waals surface area contributed by atoms with Gasteiger partial charge in [0.05, 0.1) is 12.6 Å². The first-order chi connectivity index (χ1) is 4.16. The Kier molecular flexibility index (Phi) is 3.74. The van der Waals surface area contributed by atoms with Gasteiger partial charge in [0.15, 0.2) is 0 Å². The second-order valence-electron chi connectivity index (χ2n) is 1.52. The zero-order valence-electron chi connectivity index (χ0n) is 4.78. The summed E-state index contributed by atoms with van der Waals surface area (Å²) < 4.78 is 4.03. The van der Waals surface area contributed by atoms with Gasteiger partial charge in [-0.25, -0.2) is 4.79 Å². The van der Waals surface area contributed by atoms with Crippen molar-refractivity contribution in [1.82, 2.24) is 0 Å². The molecule has 0 aliphatic carbocycles. The van der Waals surface area contributed by atoms with Crippen molar-refractivity contribution in [1.29, 1.82) is 0 Å². The van der Waals surface area contributed by atoms with Crippen LogP contribution in [0.15, 0.2) is 0 Å². The lowest BCUT2D eigenvalue weighted by Crippen LogP contribution is -2.30. The minimum absolute atomic E-state index is 0.161. The highest BCUT2D eigenvalue weighted by Crippen LogP contribution is 1.79. The maximum absolute atomic E-state index is 9.66. The number of hydrogen-bond donors (Lipinski definition) is 3. The molecule has 0 aromatic rings. The molecule has 0 aromatic carbocycles. The predicted octanol–water partition coefficient (Wildman–Crippen LogP) is -0.999. The number of nitrogens with two attached hydrogens (primary N) is 1. The van der Waals surface area contributed by atoms with Gasteiger partial charge in [0, 0.05) is 0 Å². The van der Waals surface area contributed by atoms with Crippen LogP contribution in [0.25, 0.3) is 0 Å². The average Bonchev–Trinajstić information content (AvgIpc) is 1.83. The second-order valence-corrected chi connectivity index (χ2v) is 1.52. The van der Waals surface area contributed by atoms with E-state index < -0.39 is 12.2 Å². The van der Waals surface area contributed by atoms with Gasteiger partial charge in [-0.2, -0.15) is 0 Å². The Morgan fingerprint density at radius 2 is 2.33 bits per heavy atom. The molecule has 0 saturated carbocycles. The Balaban J connectivity index is 3.16. The maximum atomic E-state index is 9.66. The second kappa shape index (κ2) is 4.11. The van der Waals surface area contributed by atoms with E-state index in [-0.39, 0.29) is 13.2 Å². The minimum atomic E-state index is -1.38. The number of carboxylic acid groups (broad SMARTS) is 1. The lowest BCUT2D eigenvalue weighted by Gasteiger charge is -2.04. The van der Waals surface area contributed by atoms with Crippen LogP contribution in [0.1, 0.15) is 0 Å². The molecule has 0 unspecified atom stereocenters. The van der Waals surface area contributed by atoms with Crippen LogP contribution in [0.4, 0.5) is 4.79 Å². The maximum Gasteiger partial charge on any atom is 0.505 e. The Morgan fingerprint density at radius 1 is 1.78 bits per heavy atom. The van der Waals surface area contributed by atoms with Crippen molar-refractivity contribution in [2.45, 2.75) is 6.04 Å². The van der Waals surface area contributed by atoms with Crippen molar-refractivity contribution in [3.8, 4) is 0 Å². The third kappa shape index (κ3) is 5.05. The van der Waals surface area contributed by atoms with Crippen molar-refractivity contribution < 1.29 is 19.7 Å². The van der Waals surface area contributed by atoms with Crippen molar-refractivity contribution in [2.75, 3.05) is 13.2 Å². The van der Waals surface area contributed by atoms with Gasteiger partial charge in [0.1, 0.15) is 6.61 Å². The third-order valence-corrected chi connectivity index (χ3v) is 0.655. The molecule has 1 atom stereocenters. The van der Waals surface area contributed by atoms with Crippen LogP contribution in [-0.2, 0) is 4.74 Å². The highest BCUT2D eigenvalue weighted by molar-refractivity contribution is 5.56. The first-order valence-corrected chi connectivity index (χ1v) is 2.39. The van der Waals surface area contributed by atoms with Gasteiger partial charge >= 0.3 is 6.16 Å². The van der Waals surface area contributed by atoms with E-state index in [1.54, 1.807) is 0 Å². The Labute approximate surface area is 52.0 Å². The molecule has 0 saturated heterocycles. The number of ether oxygens (including phenoxy) is 1. The van der Waals surface area contributed by atoms with Gasteiger partial charge in [0.2, 0.25) is 0 Å². The fraction of sp³-hybridized carbons (Fsp3) is 0.750. The lowest BCUT2D eigenvalue weighted by atomic mass is 10.4. The van der Waals surface area contributed by atoms with Crippen molar-refractivity contribution in [3.05, 3.63) is 0 Å². The van der Waals surface area contributed by atoms with Gasteiger partial charge < -0.3 is 20.7 Å². The molecule has 0 rings (SSSR count). The van der Waals surface area contributed by atoms with Crippen molar-refractivity contribution in [2.24, 2.45) is 5.73 Å². The van der Waals surface area contributed by atoms with E-state index in [4.69, 9.17) is 15.9 Å². The van der Waals surface area contributed by atoms with Crippen LogP contribution in [0.5, 0.6) is 0 Å². The summed E-state index contributed by atoms with van der Waals surface area (Å²) >= 11 is 0. The van der Waals surface area contributed by atoms with Gasteiger partial charge in [-0.05, 0) is 0 Å². The third-order valence-electron chi connectivity index (χ3n) is 0.655. The summed E-state index contributed by atoms with van der Waals surface area (Å²) in [5, 5.41) is 16.1. The zero-order chi connectivity index (χ0) is 7.28. The van der Waals surface area contributed by atoms with Gasteiger partial charge in [-0.1, -0.05) is 0 Å². The molecule has 0 fully saturated rings. The van der Waals surface area contributed by atoms with Crippen LogP contribution in [0.3, 0.4) is 0 Å². The van der Waals surface area contributed by atoms with Crippen LogP contribution in [-0.4, -0.2) is 35.6 Å². The summed E-state index contributed by atoms with van der Waals surface area (Å²) in [4.78, 5) is 9.66. The summed E-state index contributed by atoms with van der Waals surface area (Å²) in [6.45, 7) is -0.431. The first kappa shape index (κ1) is 8.19. The van der Waals surface area contributed by atoms with E-state index >= 15 is 0 Å². The largest absolute Gasteiger partial charge is 0.505 e.